The third kappa shape index (κ3) is 1.87. The fourth-order valence-electron chi connectivity index (χ4n) is 1.22. The van der Waals surface area contributed by atoms with Crippen LogP contribution in [0.4, 0.5) is 0 Å². The number of hydrazone groups is 1. The fourth-order valence-corrected chi connectivity index (χ4v) is 1.22. The highest BCUT2D eigenvalue weighted by atomic mass is 16.3. The van der Waals surface area contributed by atoms with Crippen molar-refractivity contribution >= 4 is 5.96 Å². The van der Waals surface area contributed by atoms with E-state index in [1.54, 1.807) is 12.1 Å². The summed E-state index contributed by atoms with van der Waals surface area (Å²) in [5.41, 5.74) is 3.63. The van der Waals surface area contributed by atoms with Gasteiger partial charge in [-0.15, -0.1) is 5.10 Å². The second-order valence-corrected chi connectivity index (χ2v) is 2.95. The standard InChI is InChI=1S/C9H12N4O/c14-8-4-2-1-3-7(8)5-10-9-11-6-12-13-9/h1-4,12,14H,5-6H2,(H2,10,11,13). The van der Waals surface area contributed by atoms with Gasteiger partial charge >= 0.3 is 0 Å². The zero-order valence-electron chi connectivity index (χ0n) is 7.62. The monoisotopic (exact) mass is 192 g/mol. The van der Waals surface area contributed by atoms with Gasteiger partial charge in [0.2, 0.25) is 5.96 Å². The van der Waals surface area contributed by atoms with Crippen molar-refractivity contribution in [2.75, 3.05) is 6.67 Å². The lowest BCUT2D eigenvalue weighted by Gasteiger charge is -2.06. The predicted molar refractivity (Wildman–Crippen MR) is 53.5 cm³/mol. The second-order valence-electron chi connectivity index (χ2n) is 2.95. The highest BCUT2D eigenvalue weighted by Gasteiger charge is 2.04. The van der Waals surface area contributed by atoms with Crippen LogP contribution in [0.15, 0.2) is 29.4 Å². The summed E-state index contributed by atoms with van der Waals surface area (Å²) in [6.45, 7) is 1.20. The Balaban J connectivity index is 1.94. The number of nitrogens with zero attached hydrogens (tertiary/aromatic N) is 1. The van der Waals surface area contributed by atoms with E-state index in [0.29, 0.717) is 24.9 Å². The summed E-state index contributed by atoms with van der Waals surface area (Å²) < 4.78 is 0. The van der Waals surface area contributed by atoms with Gasteiger partial charge in [-0.1, -0.05) is 18.2 Å². The van der Waals surface area contributed by atoms with Gasteiger partial charge in [0.1, 0.15) is 12.4 Å². The van der Waals surface area contributed by atoms with Crippen molar-refractivity contribution in [3.8, 4) is 5.75 Å². The first kappa shape index (κ1) is 8.68. The Morgan fingerprint density at radius 3 is 3.00 bits per heavy atom. The zero-order chi connectivity index (χ0) is 9.80. The number of aromatic hydroxyl groups is 1. The van der Waals surface area contributed by atoms with Crippen LogP contribution in [0, 0.1) is 0 Å². The van der Waals surface area contributed by atoms with Crippen molar-refractivity contribution in [3.63, 3.8) is 0 Å². The van der Waals surface area contributed by atoms with E-state index < -0.39 is 0 Å². The van der Waals surface area contributed by atoms with Gasteiger partial charge in [0.15, 0.2) is 0 Å². The van der Waals surface area contributed by atoms with Gasteiger partial charge in [-0.3, -0.25) is 5.43 Å². The molecule has 1 aromatic carbocycles. The first-order valence-corrected chi connectivity index (χ1v) is 4.41. The van der Waals surface area contributed by atoms with Gasteiger partial charge in [0.05, 0.1) is 0 Å². The lowest BCUT2D eigenvalue weighted by atomic mass is 10.2. The maximum Gasteiger partial charge on any atom is 0.215 e. The Labute approximate surface area is 81.8 Å². The van der Waals surface area contributed by atoms with Crippen LogP contribution >= 0.6 is 0 Å². The van der Waals surface area contributed by atoms with Crippen molar-refractivity contribution in [2.24, 2.45) is 5.10 Å². The number of hydrogen-bond acceptors (Lipinski definition) is 5. The molecule has 0 aliphatic carbocycles. The molecule has 0 spiro atoms. The fraction of sp³-hybridized carbons (Fsp3) is 0.222. The molecule has 0 radical (unpaired) electrons. The number of para-hydroxylation sites is 1. The van der Waals surface area contributed by atoms with Crippen molar-refractivity contribution in [1.82, 2.24) is 16.1 Å². The smallest absolute Gasteiger partial charge is 0.215 e. The normalized spacial score (nSPS) is 14.1. The minimum absolute atomic E-state index is 0.298. The van der Waals surface area contributed by atoms with E-state index in [1.165, 1.54) is 0 Å². The number of rotatable bonds is 2. The van der Waals surface area contributed by atoms with E-state index in [9.17, 15) is 5.11 Å². The number of nitrogens with one attached hydrogen (secondary N) is 3. The quantitative estimate of drug-likeness (QED) is 0.528. The molecule has 0 unspecified atom stereocenters. The van der Waals surface area contributed by atoms with Crippen LogP contribution in [0.25, 0.3) is 0 Å². The highest BCUT2D eigenvalue weighted by molar-refractivity contribution is 5.80. The molecule has 0 aromatic heterocycles. The number of phenolic OH excluding ortho intramolecular Hbond substituents is 1. The lowest BCUT2D eigenvalue weighted by molar-refractivity contribution is 0.467. The molecular weight excluding hydrogens is 180 g/mol. The van der Waals surface area contributed by atoms with Crippen molar-refractivity contribution < 1.29 is 5.11 Å². The molecule has 5 nitrogen and oxygen atoms in total. The molecule has 0 atom stereocenters. The summed E-state index contributed by atoms with van der Waals surface area (Å²) in [5.74, 6) is 1.000. The van der Waals surface area contributed by atoms with Crippen molar-refractivity contribution in [3.05, 3.63) is 29.8 Å². The number of phenols is 1. The number of guanidine groups is 1. The van der Waals surface area contributed by atoms with E-state index in [1.807, 2.05) is 12.1 Å². The molecule has 14 heavy (non-hydrogen) atoms. The third-order valence-electron chi connectivity index (χ3n) is 1.96. The van der Waals surface area contributed by atoms with Crippen LogP contribution in [-0.4, -0.2) is 17.7 Å². The van der Waals surface area contributed by atoms with Gasteiger partial charge in [-0.25, -0.2) is 0 Å². The molecule has 1 aliphatic heterocycles. The Kier molecular flexibility index (Phi) is 2.40. The minimum atomic E-state index is 0.298. The summed E-state index contributed by atoms with van der Waals surface area (Å²) in [7, 11) is 0. The molecule has 0 saturated heterocycles. The molecule has 4 N–H and O–H groups in total. The van der Waals surface area contributed by atoms with Crippen LogP contribution in [-0.2, 0) is 6.54 Å². The SMILES string of the molecule is Oc1ccccc1CNC1=NNCN1. The molecule has 1 aromatic rings. The van der Waals surface area contributed by atoms with Crippen LogP contribution in [0.5, 0.6) is 5.75 Å². The average Bonchev–Trinajstić information content (AvgIpc) is 2.69. The van der Waals surface area contributed by atoms with Crippen LogP contribution in [0.2, 0.25) is 0 Å². The lowest BCUT2D eigenvalue weighted by Crippen LogP contribution is -2.33. The topological polar surface area (TPSA) is 68.7 Å². The van der Waals surface area contributed by atoms with Gasteiger partial charge in [0.25, 0.3) is 0 Å². The summed E-state index contributed by atoms with van der Waals surface area (Å²) in [6.07, 6.45) is 0. The number of benzene rings is 1. The van der Waals surface area contributed by atoms with Gasteiger partial charge in [0, 0.05) is 12.1 Å². The second kappa shape index (κ2) is 3.87. The molecule has 1 aliphatic rings. The van der Waals surface area contributed by atoms with E-state index >= 15 is 0 Å². The summed E-state index contributed by atoms with van der Waals surface area (Å²) in [6, 6.07) is 7.22. The number of hydrogen-bond donors (Lipinski definition) is 4. The average molecular weight is 192 g/mol. The minimum Gasteiger partial charge on any atom is -0.508 e. The van der Waals surface area contributed by atoms with Crippen LogP contribution < -0.4 is 16.1 Å². The predicted octanol–water partition coefficient (Wildman–Crippen LogP) is -0.0969. The van der Waals surface area contributed by atoms with Gasteiger partial charge in [-0.2, -0.15) is 0 Å². The first-order chi connectivity index (χ1) is 6.86. The maximum atomic E-state index is 9.47. The molecule has 74 valence electrons. The Bertz CT molecular complexity index is 350. The highest BCUT2D eigenvalue weighted by Crippen LogP contribution is 2.14. The van der Waals surface area contributed by atoms with E-state index in [4.69, 9.17) is 0 Å². The Hall–Kier alpha value is -1.91. The molecule has 5 heteroatoms. The van der Waals surface area contributed by atoms with Gasteiger partial charge in [-0.05, 0) is 6.07 Å². The van der Waals surface area contributed by atoms with Crippen LogP contribution in [0.3, 0.4) is 0 Å². The van der Waals surface area contributed by atoms with E-state index in [2.05, 4.69) is 21.2 Å². The molecule has 2 rings (SSSR count). The Morgan fingerprint density at radius 2 is 2.29 bits per heavy atom. The van der Waals surface area contributed by atoms with E-state index in [0.717, 1.165) is 5.56 Å². The third-order valence-corrected chi connectivity index (χ3v) is 1.96. The molecule has 0 saturated carbocycles. The largest absolute Gasteiger partial charge is 0.508 e. The molecule has 0 amide bonds. The van der Waals surface area contributed by atoms with Gasteiger partial charge < -0.3 is 15.7 Å². The molecule has 0 bridgehead atoms. The maximum absolute atomic E-state index is 9.47. The molecule has 1 heterocycles. The van der Waals surface area contributed by atoms with Crippen molar-refractivity contribution in [1.29, 1.82) is 0 Å². The Morgan fingerprint density at radius 1 is 1.43 bits per heavy atom. The zero-order valence-corrected chi connectivity index (χ0v) is 7.62. The summed E-state index contributed by atoms with van der Waals surface area (Å²) >= 11 is 0. The van der Waals surface area contributed by atoms with E-state index in [-0.39, 0.29) is 0 Å². The van der Waals surface area contributed by atoms with Crippen molar-refractivity contribution in [2.45, 2.75) is 6.54 Å². The summed E-state index contributed by atoms with van der Waals surface area (Å²) in [4.78, 5) is 0. The first-order valence-electron chi connectivity index (χ1n) is 4.41. The molecular formula is C9H12N4O. The molecule has 0 fully saturated rings. The summed E-state index contributed by atoms with van der Waals surface area (Å²) in [5, 5.41) is 19.5. The van der Waals surface area contributed by atoms with Crippen LogP contribution in [0.1, 0.15) is 5.56 Å².